The molecule has 86 valence electrons. The summed E-state index contributed by atoms with van der Waals surface area (Å²) in [7, 11) is 0. The Hall–Kier alpha value is 0.810. The van der Waals surface area contributed by atoms with Crippen molar-refractivity contribution in [2.45, 2.75) is 18.6 Å². The summed E-state index contributed by atoms with van der Waals surface area (Å²) in [6, 6.07) is 0. The number of carbonyl (C=O) groups is 1. The summed E-state index contributed by atoms with van der Waals surface area (Å²) < 4.78 is 0. The lowest BCUT2D eigenvalue weighted by Crippen LogP contribution is -2.02. The zero-order chi connectivity index (χ0) is 11.1. The second-order valence-electron chi connectivity index (χ2n) is 3.30. The molecule has 1 unspecified atom stereocenters. The highest BCUT2D eigenvalue weighted by molar-refractivity contribution is 8.24. The topological polar surface area (TPSA) is 17.1 Å². The third-order valence-corrected chi connectivity index (χ3v) is 7.10. The molecular weight excluding hydrogens is 264 g/mol. The Morgan fingerprint density at radius 1 is 1.60 bits per heavy atom. The minimum atomic E-state index is 0.133. The van der Waals surface area contributed by atoms with E-state index in [4.69, 9.17) is 0 Å². The van der Waals surface area contributed by atoms with Gasteiger partial charge in [0, 0.05) is 21.2 Å². The van der Waals surface area contributed by atoms with Gasteiger partial charge in [0.25, 0.3) is 0 Å². The highest BCUT2D eigenvalue weighted by Gasteiger charge is 2.15. The number of thioether (sulfide) groups is 4. The molecule has 1 aliphatic heterocycles. The van der Waals surface area contributed by atoms with Crippen LogP contribution < -0.4 is 0 Å². The summed E-state index contributed by atoms with van der Waals surface area (Å²) in [5, 5.41) is 3.12. The minimum absolute atomic E-state index is 0.133. The van der Waals surface area contributed by atoms with E-state index in [9.17, 15) is 4.79 Å². The molecule has 0 aliphatic carbocycles. The van der Waals surface area contributed by atoms with Crippen LogP contribution in [0, 0.1) is 0 Å². The molecule has 1 fully saturated rings. The molecule has 1 saturated heterocycles. The Labute approximate surface area is 109 Å². The van der Waals surface area contributed by atoms with Gasteiger partial charge in [0.05, 0.1) is 0 Å². The number of hydrogen-bond donors (Lipinski definition) is 0. The van der Waals surface area contributed by atoms with Gasteiger partial charge in [-0.1, -0.05) is 18.3 Å². The maximum Gasteiger partial charge on any atom is 0.215 e. The van der Waals surface area contributed by atoms with E-state index in [1.165, 1.54) is 34.8 Å². The average Bonchev–Trinajstić information content (AvgIpc) is 2.69. The molecule has 5 heteroatoms. The van der Waals surface area contributed by atoms with Crippen LogP contribution in [0.15, 0.2) is 12.2 Å². The summed E-state index contributed by atoms with van der Waals surface area (Å²) in [6.07, 6.45) is 1.28. The van der Waals surface area contributed by atoms with Gasteiger partial charge in [0.1, 0.15) is 0 Å². The van der Waals surface area contributed by atoms with Crippen molar-refractivity contribution in [2.24, 2.45) is 0 Å². The first-order valence-corrected chi connectivity index (χ1v) is 9.14. The lowest BCUT2D eigenvalue weighted by molar-refractivity contribution is -0.107. The van der Waals surface area contributed by atoms with Gasteiger partial charge in [0.15, 0.2) is 0 Å². The Morgan fingerprint density at radius 3 is 3.00 bits per heavy atom. The molecule has 0 aromatic heterocycles. The molecule has 0 N–H and O–H groups in total. The van der Waals surface area contributed by atoms with Crippen LogP contribution in [0.4, 0.5) is 0 Å². The first-order valence-electron chi connectivity index (χ1n) is 4.80. The van der Waals surface area contributed by atoms with Crippen molar-refractivity contribution in [1.29, 1.82) is 0 Å². The average molecular weight is 281 g/mol. The predicted molar refractivity (Wildman–Crippen MR) is 78.1 cm³/mol. The van der Waals surface area contributed by atoms with Crippen LogP contribution in [0.25, 0.3) is 0 Å². The summed E-state index contributed by atoms with van der Waals surface area (Å²) in [5.74, 6) is 2.48. The molecule has 1 atom stereocenters. The normalized spacial score (nSPS) is 20.5. The lowest BCUT2D eigenvalue weighted by atomic mass is 10.4. The van der Waals surface area contributed by atoms with E-state index < -0.39 is 0 Å². The summed E-state index contributed by atoms with van der Waals surface area (Å²) in [4.78, 5) is 11.2. The molecular formula is C10H16OS4. The van der Waals surface area contributed by atoms with Gasteiger partial charge in [0.2, 0.25) is 5.12 Å². The molecule has 0 aromatic carbocycles. The van der Waals surface area contributed by atoms with Crippen LogP contribution >= 0.6 is 47.0 Å². The first kappa shape index (κ1) is 13.9. The fraction of sp³-hybridized carbons (Fsp3) is 0.700. The smallest absolute Gasteiger partial charge is 0.215 e. The Morgan fingerprint density at radius 2 is 2.40 bits per heavy atom. The van der Waals surface area contributed by atoms with Gasteiger partial charge in [-0.15, -0.1) is 23.5 Å². The predicted octanol–water partition coefficient (Wildman–Crippen LogP) is 3.71. The molecule has 0 aromatic rings. The van der Waals surface area contributed by atoms with Gasteiger partial charge >= 0.3 is 0 Å². The minimum Gasteiger partial charge on any atom is -0.282 e. The van der Waals surface area contributed by atoms with Crippen LogP contribution in [-0.4, -0.2) is 32.0 Å². The van der Waals surface area contributed by atoms with E-state index in [0.717, 1.165) is 10.3 Å². The van der Waals surface area contributed by atoms with E-state index in [2.05, 4.69) is 18.3 Å². The maximum absolute atomic E-state index is 11.2. The van der Waals surface area contributed by atoms with Crippen molar-refractivity contribution in [1.82, 2.24) is 0 Å². The van der Waals surface area contributed by atoms with Gasteiger partial charge in [-0.25, -0.2) is 0 Å². The van der Waals surface area contributed by atoms with Crippen LogP contribution in [-0.2, 0) is 4.79 Å². The van der Waals surface area contributed by atoms with Gasteiger partial charge in [-0.3, -0.25) is 4.79 Å². The van der Waals surface area contributed by atoms with Crippen LogP contribution in [0.2, 0.25) is 0 Å². The van der Waals surface area contributed by atoms with Crippen molar-refractivity contribution in [3.63, 3.8) is 0 Å². The quantitative estimate of drug-likeness (QED) is 0.418. The monoisotopic (exact) mass is 280 g/mol. The van der Waals surface area contributed by atoms with Crippen molar-refractivity contribution in [2.75, 3.05) is 21.7 Å². The second kappa shape index (κ2) is 7.98. The zero-order valence-electron chi connectivity index (χ0n) is 8.86. The molecule has 1 nitrogen and oxygen atoms in total. The first-order chi connectivity index (χ1) is 7.20. The van der Waals surface area contributed by atoms with Crippen molar-refractivity contribution < 1.29 is 4.79 Å². The zero-order valence-corrected chi connectivity index (χ0v) is 12.1. The molecule has 15 heavy (non-hydrogen) atoms. The number of carbonyl (C=O) groups excluding carboxylic acids is 1. The fourth-order valence-electron chi connectivity index (χ4n) is 1.03. The second-order valence-corrected chi connectivity index (χ2v) is 8.41. The summed E-state index contributed by atoms with van der Waals surface area (Å²) in [5.41, 5.74) is 0.656. The molecule has 1 rings (SSSR count). The molecule has 0 radical (unpaired) electrons. The number of hydrogen-bond acceptors (Lipinski definition) is 5. The van der Waals surface area contributed by atoms with E-state index in [0.29, 0.717) is 5.57 Å². The fourth-order valence-corrected chi connectivity index (χ4v) is 6.04. The summed E-state index contributed by atoms with van der Waals surface area (Å²) in [6.45, 7) is 5.40. The number of rotatable bonds is 6. The summed E-state index contributed by atoms with van der Waals surface area (Å²) >= 11 is 7.35. The standard InChI is InChI=1S/C10H16OS4/c1-8(2)10(11)15-6-12-4-3-9-5-13-7-14-9/h9H,1,3-7H2,2H3. The molecule has 0 spiro atoms. The van der Waals surface area contributed by atoms with E-state index in [1.807, 2.05) is 23.5 Å². The van der Waals surface area contributed by atoms with Gasteiger partial charge < -0.3 is 0 Å². The Balaban J connectivity index is 1.92. The maximum atomic E-state index is 11.2. The van der Waals surface area contributed by atoms with Crippen molar-refractivity contribution in [3.8, 4) is 0 Å². The molecule has 0 bridgehead atoms. The highest BCUT2D eigenvalue weighted by atomic mass is 32.2. The molecule has 0 saturated carbocycles. The van der Waals surface area contributed by atoms with E-state index >= 15 is 0 Å². The van der Waals surface area contributed by atoms with Crippen molar-refractivity contribution >= 4 is 52.2 Å². The van der Waals surface area contributed by atoms with Gasteiger partial charge in [-0.2, -0.15) is 11.8 Å². The Kier molecular flexibility index (Phi) is 7.38. The largest absolute Gasteiger partial charge is 0.282 e. The molecule has 1 heterocycles. The third-order valence-electron chi connectivity index (χ3n) is 1.90. The molecule has 0 amide bonds. The molecule has 1 aliphatic rings. The van der Waals surface area contributed by atoms with Crippen LogP contribution in [0.5, 0.6) is 0 Å². The van der Waals surface area contributed by atoms with E-state index in [1.54, 1.807) is 6.92 Å². The van der Waals surface area contributed by atoms with Crippen molar-refractivity contribution in [3.05, 3.63) is 12.2 Å². The Bertz CT molecular complexity index is 223. The van der Waals surface area contributed by atoms with Gasteiger partial charge in [-0.05, 0) is 24.7 Å². The van der Waals surface area contributed by atoms with Crippen LogP contribution in [0.1, 0.15) is 13.3 Å². The van der Waals surface area contributed by atoms with Crippen LogP contribution in [0.3, 0.4) is 0 Å². The van der Waals surface area contributed by atoms with E-state index in [-0.39, 0.29) is 5.12 Å². The lowest BCUT2D eigenvalue weighted by Gasteiger charge is -2.06. The SMILES string of the molecule is C=C(C)C(=O)SCSCCC1CSCS1. The highest BCUT2D eigenvalue weighted by Crippen LogP contribution is 2.32. The third kappa shape index (κ3) is 6.19.